The second-order valence-electron chi connectivity index (χ2n) is 4.44. The monoisotopic (exact) mass is 248 g/mol. The third kappa shape index (κ3) is 2.42. The molecule has 4 heteroatoms. The normalized spacial score (nSPS) is 20.6. The number of hydrogen-bond donors (Lipinski definition) is 1. The molecule has 1 saturated heterocycles. The van der Waals surface area contributed by atoms with Crippen LogP contribution < -0.4 is 10.1 Å². The molecule has 1 N–H and O–H groups in total. The Morgan fingerprint density at radius 1 is 1.35 bits per heavy atom. The minimum Gasteiger partial charge on any atom is -0.475 e. The Bertz CT molecular complexity index is 491. The molecule has 1 fully saturated rings. The number of benzene rings is 1. The summed E-state index contributed by atoms with van der Waals surface area (Å²) in [6, 6.07) is 8.71. The van der Waals surface area contributed by atoms with Gasteiger partial charge >= 0.3 is 0 Å². The summed E-state index contributed by atoms with van der Waals surface area (Å²) in [5.74, 6) is 0.790. The van der Waals surface area contributed by atoms with Crippen LogP contribution in [-0.2, 0) is 0 Å². The molecule has 2 heterocycles. The van der Waals surface area contributed by atoms with Crippen molar-refractivity contribution in [2.45, 2.75) is 25.3 Å². The van der Waals surface area contributed by atoms with E-state index in [0.717, 1.165) is 24.4 Å². The van der Waals surface area contributed by atoms with Crippen molar-refractivity contribution in [2.75, 3.05) is 13.2 Å². The third-order valence-electron chi connectivity index (χ3n) is 3.18. The van der Waals surface area contributed by atoms with Gasteiger partial charge in [0.25, 0.3) is 0 Å². The van der Waals surface area contributed by atoms with Crippen LogP contribution in [-0.4, -0.2) is 23.6 Å². The van der Waals surface area contributed by atoms with Gasteiger partial charge in [0.2, 0.25) is 5.88 Å². The second-order valence-corrected chi connectivity index (χ2v) is 5.25. The Morgan fingerprint density at radius 3 is 3.18 bits per heavy atom. The summed E-state index contributed by atoms with van der Waals surface area (Å²) >= 11 is 1.51. The first-order chi connectivity index (χ1) is 8.43. The zero-order valence-corrected chi connectivity index (χ0v) is 10.5. The van der Waals surface area contributed by atoms with E-state index < -0.39 is 0 Å². The predicted octanol–water partition coefficient (Wildman–Crippen LogP) is 2.82. The molecule has 2 aromatic rings. The van der Waals surface area contributed by atoms with Gasteiger partial charge in [-0.3, -0.25) is 0 Å². The lowest BCUT2D eigenvalue weighted by Gasteiger charge is -2.22. The molecule has 90 valence electrons. The first kappa shape index (κ1) is 11.0. The summed E-state index contributed by atoms with van der Waals surface area (Å²) < 4.78 is 11.4. The molecular formula is C13H16N2OS. The lowest BCUT2D eigenvalue weighted by Crippen LogP contribution is -2.38. The molecular weight excluding hydrogens is 232 g/mol. The predicted molar refractivity (Wildman–Crippen MR) is 70.8 cm³/mol. The zero-order chi connectivity index (χ0) is 11.5. The first-order valence-electron chi connectivity index (χ1n) is 6.14. The average molecular weight is 248 g/mol. The van der Waals surface area contributed by atoms with E-state index in [-0.39, 0.29) is 0 Å². The standard InChI is InChI=1S/C13H16N2OS/c1-2-7-12-11(6-1)13(15-17-12)16-9-10-5-3-4-8-14-10/h1-2,6-7,10,14H,3-5,8-9H2. The van der Waals surface area contributed by atoms with E-state index in [1.807, 2.05) is 12.1 Å². The number of ether oxygens (including phenoxy) is 1. The molecule has 0 saturated carbocycles. The fourth-order valence-electron chi connectivity index (χ4n) is 2.21. The number of fused-ring (bicyclic) bond motifs is 1. The van der Waals surface area contributed by atoms with Gasteiger partial charge < -0.3 is 10.1 Å². The highest BCUT2D eigenvalue weighted by Crippen LogP contribution is 2.28. The summed E-state index contributed by atoms with van der Waals surface area (Å²) in [7, 11) is 0. The molecule has 0 radical (unpaired) electrons. The molecule has 1 aromatic heterocycles. The summed E-state index contributed by atoms with van der Waals surface area (Å²) in [4.78, 5) is 0. The van der Waals surface area contributed by atoms with Crippen molar-refractivity contribution in [3.05, 3.63) is 24.3 Å². The van der Waals surface area contributed by atoms with Gasteiger partial charge in [0.1, 0.15) is 6.61 Å². The molecule has 17 heavy (non-hydrogen) atoms. The highest BCUT2D eigenvalue weighted by molar-refractivity contribution is 7.13. The van der Waals surface area contributed by atoms with Gasteiger partial charge in [0.15, 0.2) is 0 Å². The topological polar surface area (TPSA) is 34.1 Å². The van der Waals surface area contributed by atoms with Gasteiger partial charge in [-0.25, -0.2) is 0 Å². The maximum absolute atomic E-state index is 5.84. The van der Waals surface area contributed by atoms with Gasteiger partial charge in [-0.15, -0.1) is 0 Å². The van der Waals surface area contributed by atoms with Crippen LogP contribution in [0.1, 0.15) is 19.3 Å². The summed E-state index contributed by atoms with van der Waals surface area (Å²) in [6.45, 7) is 1.85. The number of rotatable bonds is 3. The molecule has 1 aliphatic heterocycles. The lowest BCUT2D eigenvalue weighted by molar-refractivity contribution is 0.236. The quantitative estimate of drug-likeness (QED) is 0.907. The maximum atomic E-state index is 5.84. The van der Waals surface area contributed by atoms with Crippen molar-refractivity contribution < 1.29 is 4.74 Å². The van der Waals surface area contributed by atoms with E-state index in [9.17, 15) is 0 Å². The lowest BCUT2D eigenvalue weighted by atomic mass is 10.1. The molecule has 3 nitrogen and oxygen atoms in total. The van der Waals surface area contributed by atoms with Crippen molar-refractivity contribution in [2.24, 2.45) is 0 Å². The highest BCUT2D eigenvalue weighted by Gasteiger charge is 2.14. The first-order valence-corrected chi connectivity index (χ1v) is 6.91. The van der Waals surface area contributed by atoms with Crippen molar-refractivity contribution in [3.8, 4) is 5.88 Å². The SMILES string of the molecule is c1ccc2c(OCC3CCCCN3)nsc2c1. The van der Waals surface area contributed by atoms with Gasteiger partial charge in [0, 0.05) is 6.04 Å². The van der Waals surface area contributed by atoms with Gasteiger partial charge in [-0.1, -0.05) is 18.6 Å². The van der Waals surface area contributed by atoms with Gasteiger partial charge in [0.05, 0.1) is 10.1 Å². The molecule has 0 bridgehead atoms. The van der Waals surface area contributed by atoms with Crippen molar-refractivity contribution in [1.29, 1.82) is 0 Å². The van der Waals surface area contributed by atoms with Crippen molar-refractivity contribution >= 4 is 21.6 Å². The fraction of sp³-hybridized carbons (Fsp3) is 0.462. The van der Waals surface area contributed by atoms with Gasteiger partial charge in [-0.05, 0) is 43.1 Å². The molecule has 3 rings (SSSR count). The van der Waals surface area contributed by atoms with Crippen LogP contribution >= 0.6 is 11.5 Å². The van der Waals surface area contributed by atoms with E-state index in [1.54, 1.807) is 0 Å². The molecule has 1 aliphatic rings. The number of aromatic nitrogens is 1. The number of hydrogen-bond acceptors (Lipinski definition) is 4. The number of nitrogens with zero attached hydrogens (tertiary/aromatic N) is 1. The Labute approximate surface area is 105 Å². The van der Waals surface area contributed by atoms with E-state index in [2.05, 4.69) is 21.8 Å². The van der Waals surface area contributed by atoms with Gasteiger partial charge in [-0.2, -0.15) is 4.37 Å². The van der Waals surface area contributed by atoms with E-state index in [1.165, 1.54) is 35.5 Å². The molecule has 0 amide bonds. The van der Waals surface area contributed by atoms with Crippen LogP contribution in [0.2, 0.25) is 0 Å². The van der Waals surface area contributed by atoms with Crippen LogP contribution in [0.15, 0.2) is 24.3 Å². The van der Waals surface area contributed by atoms with Crippen LogP contribution in [0.5, 0.6) is 5.88 Å². The molecule has 1 atom stereocenters. The number of piperidine rings is 1. The minimum atomic E-state index is 0.490. The van der Waals surface area contributed by atoms with Crippen LogP contribution in [0.4, 0.5) is 0 Å². The second kappa shape index (κ2) is 5.02. The summed E-state index contributed by atoms with van der Waals surface area (Å²) in [5, 5.41) is 4.61. The molecule has 1 aromatic carbocycles. The Balaban J connectivity index is 1.68. The molecule has 0 spiro atoms. The third-order valence-corrected chi connectivity index (χ3v) is 3.99. The molecule has 1 unspecified atom stereocenters. The van der Waals surface area contributed by atoms with E-state index in [4.69, 9.17) is 4.74 Å². The van der Waals surface area contributed by atoms with Crippen molar-refractivity contribution in [1.82, 2.24) is 9.69 Å². The highest BCUT2D eigenvalue weighted by atomic mass is 32.1. The fourth-order valence-corrected chi connectivity index (χ4v) is 2.94. The zero-order valence-electron chi connectivity index (χ0n) is 9.69. The largest absolute Gasteiger partial charge is 0.475 e. The maximum Gasteiger partial charge on any atom is 0.233 e. The van der Waals surface area contributed by atoms with E-state index in [0.29, 0.717) is 6.04 Å². The number of nitrogens with one attached hydrogen (secondary N) is 1. The summed E-state index contributed by atoms with van der Waals surface area (Å²) in [5.41, 5.74) is 0. The minimum absolute atomic E-state index is 0.490. The van der Waals surface area contributed by atoms with Crippen LogP contribution in [0, 0.1) is 0 Å². The Kier molecular flexibility index (Phi) is 3.25. The molecule has 0 aliphatic carbocycles. The van der Waals surface area contributed by atoms with Crippen LogP contribution in [0.25, 0.3) is 10.1 Å². The van der Waals surface area contributed by atoms with Crippen molar-refractivity contribution in [3.63, 3.8) is 0 Å². The van der Waals surface area contributed by atoms with E-state index >= 15 is 0 Å². The Morgan fingerprint density at radius 2 is 2.29 bits per heavy atom. The average Bonchev–Trinajstić information content (AvgIpc) is 2.81. The Hall–Kier alpha value is -1.13. The summed E-state index contributed by atoms with van der Waals surface area (Å²) in [6.07, 6.45) is 3.80. The smallest absolute Gasteiger partial charge is 0.233 e. The van der Waals surface area contributed by atoms with Crippen LogP contribution in [0.3, 0.4) is 0 Å².